The number of nitriles is 1. The number of halogens is 1. The highest BCUT2D eigenvalue weighted by atomic mass is 19.1. The molecule has 0 saturated heterocycles. The molecule has 0 fully saturated rings. The van der Waals surface area contributed by atoms with Gasteiger partial charge in [0.05, 0.1) is 17.2 Å². The first-order chi connectivity index (χ1) is 20.9. The zero-order valence-electron chi connectivity index (χ0n) is 24.2. The average Bonchev–Trinajstić information content (AvgIpc) is 3.03. The van der Waals surface area contributed by atoms with Crippen LogP contribution in [0, 0.1) is 22.6 Å². The van der Waals surface area contributed by atoms with Crippen LogP contribution in [0.4, 0.5) is 10.2 Å². The molecule has 2 aromatic carbocycles. The largest absolute Gasteiger partial charge is 0.365 e. The number of amides is 1. The van der Waals surface area contributed by atoms with Crippen molar-refractivity contribution in [3.8, 4) is 6.07 Å². The predicted molar refractivity (Wildman–Crippen MR) is 168 cm³/mol. The van der Waals surface area contributed by atoms with Gasteiger partial charge in [0.2, 0.25) is 0 Å². The topological polar surface area (TPSA) is 114 Å². The summed E-state index contributed by atoms with van der Waals surface area (Å²) in [5, 5.41) is 27.6. The first kappa shape index (κ1) is 29.6. The van der Waals surface area contributed by atoms with E-state index >= 15 is 0 Å². The van der Waals surface area contributed by atoms with E-state index in [2.05, 4.69) is 51.3 Å². The maximum Gasteiger partial charge on any atom is 0.255 e. The number of allylic oxidation sites excluding steroid dienone is 4. The second-order valence-electron chi connectivity index (χ2n) is 10.8. The lowest BCUT2D eigenvalue weighted by atomic mass is 9.88. The Balaban J connectivity index is 1.30. The van der Waals surface area contributed by atoms with Gasteiger partial charge in [-0.05, 0) is 96.8 Å². The van der Waals surface area contributed by atoms with E-state index in [0.717, 1.165) is 66.6 Å². The van der Waals surface area contributed by atoms with Gasteiger partial charge in [0.15, 0.2) is 0 Å². The first-order valence-corrected chi connectivity index (χ1v) is 14.6. The van der Waals surface area contributed by atoms with Gasteiger partial charge in [-0.15, -0.1) is 0 Å². The van der Waals surface area contributed by atoms with Crippen molar-refractivity contribution in [1.82, 2.24) is 15.6 Å². The Kier molecular flexibility index (Phi) is 9.55. The third kappa shape index (κ3) is 7.51. The van der Waals surface area contributed by atoms with Gasteiger partial charge < -0.3 is 21.4 Å². The highest BCUT2D eigenvalue weighted by molar-refractivity contribution is 6.04. The summed E-state index contributed by atoms with van der Waals surface area (Å²) in [6, 6.07) is 17.4. The van der Waals surface area contributed by atoms with E-state index in [0.29, 0.717) is 18.1 Å². The molecule has 1 aliphatic carbocycles. The van der Waals surface area contributed by atoms with E-state index in [1.54, 1.807) is 12.1 Å². The highest BCUT2D eigenvalue weighted by Gasteiger charge is 2.18. The minimum atomic E-state index is -0.382. The Bertz CT molecular complexity index is 1630. The third-order valence-corrected chi connectivity index (χ3v) is 7.76. The van der Waals surface area contributed by atoms with E-state index in [9.17, 15) is 14.4 Å². The lowest BCUT2D eigenvalue weighted by Crippen LogP contribution is -2.28. The van der Waals surface area contributed by atoms with Crippen LogP contribution in [0.5, 0.6) is 0 Å². The van der Waals surface area contributed by atoms with Gasteiger partial charge in [0, 0.05) is 25.0 Å². The number of hydrogen-bond donors (Lipinski definition) is 4. The first-order valence-electron chi connectivity index (χ1n) is 14.6. The van der Waals surface area contributed by atoms with E-state index in [4.69, 9.17) is 5.41 Å². The van der Waals surface area contributed by atoms with Crippen LogP contribution in [-0.4, -0.2) is 29.7 Å². The van der Waals surface area contributed by atoms with E-state index < -0.39 is 0 Å². The number of hydrogen-bond acceptors (Lipinski definition) is 6. The summed E-state index contributed by atoms with van der Waals surface area (Å²) in [6.45, 7) is 4.02. The number of benzene rings is 2. The Morgan fingerprint density at radius 3 is 2.65 bits per heavy atom. The van der Waals surface area contributed by atoms with Crippen molar-refractivity contribution in [2.24, 2.45) is 0 Å². The zero-order chi connectivity index (χ0) is 30.2. The molecule has 1 atom stereocenters. The molecule has 2 heterocycles. The van der Waals surface area contributed by atoms with Gasteiger partial charge in [-0.3, -0.25) is 4.79 Å². The average molecular weight is 575 g/mol. The molecule has 1 aromatic heterocycles. The van der Waals surface area contributed by atoms with Gasteiger partial charge in [-0.2, -0.15) is 5.26 Å². The van der Waals surface area contributed by atoms with Crippen LogP contribution in [0.3, 0.4) is 0 Å². The monoisotopic (exact) mass is 574 g/mol. The number of aromatic nitrogens is 1. The lowest BCUT2D eigenvalue weighted by Gasteiger charge is -2.20. The number of carbonyl (C=O) groups is 1. The molecule has 4 N–H and O–H groups in total. The molecular formula is C35H35FN6O. The van der Waals surface area contributed by atoms with Crippen LogP contribution in [0.25, 0.3) is 5.57 Å². The van der Waals surface area contributed by atoms with Gasteiger partial charge >= 0.3 is 0 Å². The van der Waals surface area contributed by atoms with Gasteiger partial charge in [-0.25, -0.2) is 9.37 Å². The molecule has 5 rings (SSSR count). The summed E-state index contributed by atoms with van der Waals surface area (Å²) in [7, 11) is 0. The minimum Gasteiger partial charge on any atom is -0.365 e. The number of pyridine rings is 1. The summed E-state index contributed by atoms with van der Waals surface area (Å²) < 4.78 is 13.3. The van der Waals surface area contributed by atoms with Crippen LogP contribution in [-0.2, 0) is 6.54 Å². The Labute approximate surface area is 251 Å². The Morgan fingerprint density at radius 2 is 1.93 bits per heavy atom. The molecule has 1 aliphatic heterocycles. The van der Waals surface area contributed by atoms with Crippen LogP contribution in [0.2, 0.25) is 0 Å². The smallest absolute Gasteiger partial charge is 0.255 e. The van der Waals surface area contributed by atoms with Crippen molar-refractivity contribution in [2.75, 3.05) is 18.4 Å². The molecule has 0 spiro atoms. The molecule has 3 aromatic rings. The Hall–Kier alpha value is -4.87. The maximum atomic E-state index is 13.3. The molecule has 43 heavy (non-hydrogen) atoms. The van der Waals surface area contributed by atoms with Crippen molar-refractivity contribution < 1.29 is 9.18 Å². The van der Waals surface area contributed by atoms with E-state index in [1.165, 1.54) is 30.0 Å². The fraction of sp³-hybridized carbons (Fsp3) is 0.257. The second kappa shape index (κ2) is 13.9. The molecule has 1 unspecified atom stereocenters. The van der Waals surface area contributed by atoms with Crippen molar-refractivity contribution in [3.63, 3.8) is 0 Å². The van der Waals surface area contributed by atoms with Crippen LogP contribution < -0.4 is 16.0 Å². The number of nitrogens with one attached hydrogen (secondary N) is 4. The number of anilines is 1. The highest BCUT2D eigenvalue weighted by Crippen LogP contribution is 2.28. The predicted octanol–water partition coefficient (Wildman–Crippen LogP) is 6.63. The van der Waals surface area contributed by atoms with Crippen molar-refractivity contribution in [2.45, 2.75) is 45.2 Å². The van der Waals surface area contributed by atoms with Crippen molar-refractivity contribution >= 4 is 23.0 Å². The molecular weight excluding hydrogens is 539 g/mol. The third-order valence-electron chi connectivity index (χ3n) is 7.76. The lowest BCUT2D eigenvalue weighted by molar-refractivity contribution is 0.0940. The quantitative estimate of drug-likeness (QED) is 0.241. The van der Waals surface area contributed by atoms with Gasteiger partial charge in [-0.1, -0.05) is 48.6 Å². The fourth-order valence-electron chi connectivity index (χ4n) is 5.28. The molecule has 1 amide bonds. The van der Waals surface area contributed by atoms with Crippen LogP contribution >= 0.6 is 0 Å². The van der Waals surface area contributed by atoms with Crippen molar-refractivity contribution in [3.05, 3.63) is 124 Å². The van der Waals surface area contributed by atoms with Gasteiger partial charge in [0.1, 0.15) is 17.7 Å². The molecule has 2 aliphatic rings. The van der Waals surface area contributed by atoms with E-state index in [1.807, 2.05) is 25.1 Å². The summed E-state index contributed by atoms with van der Waals surface area (Å²) in [4.78, 5) is 17.6. The number of nitrogens with zero attached hydrogens (tertiary/aromatic N) is 2. The van der Waals surface area contributed by atoms with Crippen LogP contribution in [0.15, 0.2) is 90.2 Å². The number of rotatable bonds is 8. The summed E-state index contributed by atoms with van der Waals surface area (Å²) >= 11 is 0. The normalized spacial score (nSPS) is 16.0. The molecule has 0 bridgehead atoms. The minimum absolute atomic E-state index is 0.261. The van der Waals surface area contributed by atoms with Crippen LogP contribution in [0.1, 0.15) is 71.3 Å². The maximum absolute atomic E-state index is 13.3. The summed E-state index contributed by atoms with van der Waals surface area (Å²) in [5.74, 6) is -0.353. The summed E-state index contributed by atoms with van der Waals surface area (Å²) in [6.07, 6.45) is 11.7. The second-order valence-corrected chi connectivity index (χ2v) is 10.8. The van der Waals surface area contributed by atoms with Gasteiger partial charge in [0.25, 0.3) is 5.91 Å². The standard InChI is InChI=1S/C35H35FN6O/c1-23(26-10-12-30(36)13-11-26)42-35(43)32-18-25(20-37)22-41-34(32)40-21-24-6-8-27(9-7-24)29-4-2-3-5-33(38)31(19-29)28-14-16-39-17-15-28/h4,6-14,18-19,22-23,38-39H,2-3,5,15-17,21H2,1H3,(H,40,41)(H,42,43). The fourth-order valence-corrected chi connectivity index (χ4v) is 5.28. The SMILES string of the molecule is CC(NC(=O)c1cc(C#N)cnc1NCc1ccc(C2=CCCCC(=N)C(C3=CCNCC3)=C2)cc1)c1ccc(F)cc1. The molecule has 0 saturated carbocycles. The molecule has 0 radical (unpaired) electrons. The molecule has 218 valence electrons. The molecule has 7 nitrogen and oxygen atoms in total. The molecule has 8 heteroatoms. The van der Waals surface area contributed by atoms with Crippen molar-refractivity contribution in [1.29, 1.82) is 10.7 Å². The number of carbonyl (C=O) groups excluding carboxylic acids is 1. The zero-order valence-corrected chi connectivity index (χ0v) is 24.2. The Morgan fingerprint density at radius 1 is 1.14 bits per heavy atom. The summed E-state index contributed by atoms with van der Waals surface area (Å²) in [5.41, 5.74) is 7.53. The van der Waals surface area contributed by atoms with E-state index in [-0.39, 0.29) is 28.9 Å².